The second-order valence-corrected chi connectivity index (χ2v) is 8.09. The topological polar surface area (TPSA) is 67.9 Å². The van der Waals surface area contributed by atoms with Crippen LogP contribution in [-0.2, 0) is 24.5 Å². The van der Waals surface area contributed by atoms with Gasteiger partial charge in [-0.2, -0.15) is 0 Å². The van der Waals surface area contributed by atoms with Gasteiger partial charge in [0.15, 0.2) is 0 Å². The quantitative estimate of drug-likeness (QED) is 0.769. The number of nitrogens with one attached hydrogen (secondary N) is 1. The van der Waals surface area contributed by atoms with E-state index in [-0.39, 0.29) is 35.9 Å². The van der Waals surface area contributed by atoms with Crippen LogP contribution in [0.5, 0.6) is 0 Å². The average Bonchev–Trinajstić information content (AvgIpc) is 3.21. The van der Waals surface area contributed by atoms with Crippen LogP contribution >= 0.6 is 0 Å². The predicted molar refractivity (Wildman–Crippen MR) is 99.0 cm³/mol. The smallest absolute Gasteiger partial charge is 0.337 e. The first-order valence-corrected chi connectivity index (χ1v) is 9.67. The van der Waals surface area contributed by atoms with Crippen molar-refractivity contribution in [1.29, 1.82) is 0 Å². The monoisotopic (exact) mass is 368 g/mol. The maximum atomic E-state index is 13.3. The van der Waals surface area contributed by atoms with E-state index < -0.39 is 5.41 Å². The van der Waals surface area contributed by atoms with Crippen LogP contribution in [0.1, 0.15) is 25.3 Å². The lowest BCUT2D eigenvalue weighted by molar-refractivity contribution is -0.140. The van der Waals surface area contributed by atoms with Gasteiger partial charge in [0.05, 0.1) is 30.5 Å². The molecule has 1 N–H and O–H groups in total. The Kier molecular flexibility index (Phi) is 3.63. The largest absolute Gasteiger partial charge is 0.497 e. The molecule has 6 heteroatoms. The first kappa shape index (κ1) is 16.8. The second kappa shape index (κ2) is 5.83. The Bertz CT molecular complexity index is 850. The number of rotatable bonds is 1. The Hall–Kier alpha value is -2.34. The van der Waals surface area contributed by atoms with Crippen molar-refractivity contribution in [2.45, 2.75) is 37.3 Å². The van der Waals surface area contributed by atoms with E-state index >= 15 is 0 Å². The van der Waals surface area contributed by atoms with Gasteiger partial charge in [-0.25, -0.2) is 4.79 Å². The Morgan fingerprint density at radius 1 is 1.33 bits per heavy atom. The minimum Gasteiger partial charge on any atom is -0.497 e. The predicted octanol–water partition coefficient (Wildman–Crippen LogP) is 2.06. The van der Waals surface area contributed by atoms with E-state index in [1.54, 1.807) is 6.26 Å². The minimum absolute atomic E-state index is 0.0166. The zero-order valence-corrected chi connectivity index (χ0v) is 15.6. The molecule has 4 heterocycles. The zero-order valence-electron chi connectivity index (χ0n) is 15.6. The number of fused-ring (bicyclic) bond motifs is 6. The third-order valence-electron chi connectivity index (χ3n) is 7.10. The number of para-hydroxylation sites is 1. The fourth-order valence-electron chi connectivity index (χ4n) is 5.90. The Balaban J connectivity index is 1.68. The number of carbonyl (C=O) groups is 2. The molecule has 0 bridgehead atoms. The van der Waals surface area contributed by atoms with Crippen molar-refractivity contribution in [3.05, 3.63) is 41.7 Å². The fourth-order valence-corrected chi connectivity index (χ4v) is 5.90. The number of esters is 1. The molecule has 0 saturated carbocycles. The van der Waals surface area contributed by atoms with Crippen LogP contribution < -0.4 is 5.32 Å². The molecule has 1 aromatic carbocycles. The standard InChI is InChI=1S/C21H24N2O4/c1-12-13-7-9-23-10-8-21(15-5-3-4-6-16(15)22-20(21)25)18(23)17(13)14(11-27-12)19(24)26-2/h3-6,11-13,17-18H,7-10H2,1-2H3,(H,22,25)/t12-,13-,17+,18+,21-/m1/s1. The first-order chi connectivity index (χ1) is 13.1. The number of hydrogen-bond donors (Lipinski definition) is 1. The number of ether oxygens (including phenoxy) is 2. The molecule has 1 amide bonds. The normalized spacial score (nSPS) is 37.0. The summed E-state index contributed by atoms with van der Waals surface area (Å²) in [4.78, 5) is 28.3. The van der Waals surface area contributed by atoms with Gasteiger partial charge in [-0.1, -0.05) is 18.2 Å². The van der Waals surface area contributed by atoms with Gasteiger partial charge in [0.2, 0.25) is 5.91 Å². The summed E-state index contributed by atoms with van der Waals surface area (Å²) in [5, 5.41) is 3.10. The van der Waals surface area contributed by atoms with Crippen molar-refractivity contribution in [3.63, 3.8) is 0 Å². The van der Waals surface area contributed by atoms with Crippen molar-refractivity contribution in [1.82, 2.24) is 4.90 Å². The molecule has 2 fully saturated rings. The van der Waals surface area contributed by atoms with Crippen molar-refractivity contribution >= 4 is 17.6 Å². The van der Waals surface area contributed by atoms with Crippen LogP contribution in [0, 0.1) is 11.8 Å². The molecule has 6 nitrogen and oxygen atoms in total. The summed E-state index contributed by atoms with van der Waals surface area (Å²) in [6.07, 6.45) is 3.32. The van der Waals surface area contributed by atoms with Crippen LogP contribution in [0.2, 0.25) is 0 Å². The van der Waals surface area contributed by atoms with E-state index in [9.17, 15) is 9.59 Å². The lowest BCUT2D eigenvalue weighted by atomic mass is 9.62. The average molecular weight is 368 g/mol. The second-order valence-electron chi connectivity index (χ2n) is 8.09. The van der Waals surface area contributed by atoms with Crippen molar-refractivity contribution < 1.29 is 19.1 Å². The molecule has 0 aromatic heterocycles. The van der Waals surface area contributed by atoms with Crippen LogP contribution in [0.25, 0.3) is 0 Å². The number of piperidine rings is 1. The van der Waals surface area contributed by atoms with Crippen molar-refractivity contribution in [2.24, 2.45) is 11.8 Å². The number of nitrogens with zero attached hydrogens (tertiary/aromatic N) is 1. The molecule has 27 heavy (non-hydrogen) atoms. The van der Waals surface area contributed by atoms with E-state index in [0.717, 1.165) is 37.2 Å². The third kappa shape index (κ3) is 2.10. The zero-order chi connectivity index (χ0) is 18.8. The van der Waals surface area contributed by atoms with Gasteiger partial charge < -0.3 is 14.8 Å². The molecule has 4 aliphatic heterocycles. The Labute approximate surface area is 158 Å². The number of methoxy groups -OCH3 is 1. The SMILES string of the molecule is COC(=O)C1=CO[C@H](C)[C@H]2CCN3CC[C@]4(C(=O)Nc5ccccc54)[C@@H]3[C@H]12. The third-order valence-corrected chi connectivity index (χ3v) is 7.10. The van der Waals surface area contributed by atoms with Crippen LogP contribution in [-0.4, -0.2) is 49.1 Å². The molecule has 1 aromatic rings. The molecular weight excluding hydrogens is 344 g/mol. The Morgan fingerprint density at radius 3 is 2.96 bits per heavy atom. The van der Waals surface area contributed by atoms with Crippen molar-refractivity contribution in [3.8, 4) is 0 Å². The molecule has 0 unspecified atom stereocenters. The summed E-state index contributed by atoms with van der Waals surface area (Å²) in [5.41, 5.74) is 1.90. The molecular formula is C21H24N2O4. The molecule has 2 saturated heterocycles. The molecule has 0 radical (unpaired) electrons. The van der Waals surface area contributed by atoms with Crippen molar-refractivity contribution in [2.75, 3.05) is 25.5 Å². The number of anilines is 1. The molecule has 1 spiro atoms. The van der Waals surface area contributed by atoms with Crippen LogP contribution in [0.15, 0.2) is 36.1 Å². The van der Waals surface area contributed by atoms with Gasteiger partial charge in [-0.3, -0.25) is 9.69 Å². The molecule has 5 atom stereocenters. The van der Waals surface area contributed by atoms with Gasteiger partial charge in [-0.15, -0.1) is 0 Å². The highest BCUT2D eigenvalue weighted by Gasteiger charge is 2.64. The van der Waals surface area contributed by atoms with Crippen LogP contribution in [0.3, 0.4) is 0 Å². The highest BCUT2D eigenvalue weighted by atomic mass is 16.5. The number of hydrogen-bond acceptors (Lipinski definition) is 5. The maximum Gasteiger partial charge on any atom is 0.337 e. The van der Waals surface area contributed by atoms with Gasteiger partial charge in [0.1, 0.15) is 0 Å². The van der Waals surface area contributed by atoms with E-state index in [4.69, 9.17) is 9.47 Å². The summed E-state index contributed by atoms with van der Waals surface area (Å²) in [5.74, 6) is -0.178. The first-order valence-electron chi connectivity index (χ1n) is 9.67. The lowest BCUT2D eigenvalue weighted by Crippen LogP contribution is -2.59. The summed E-state index contributed by atoms with van der Waals surface area (Å²) in [7, 11) is 1.40. The van der Waals surface area contributed by atoms with E-state index in [1.807, 2.05) is 18.2 Å². The molecule has 0 aliphatic carbocycles. The molecule has 5 rings (SSSR count). The van der Waals surface area contributed by atoms with Gasteiger partial charge >= 0.3 is 5.97 Å². The van der Waals surface area contributed by atoms with Gasteiger partial charge in [-0.05, 0) is 44.5 Å². The molecule has 142 valence electrons. The summed E-state index contributed by atoms with van der Waals surface area (Å²) in [6, 6.07) is 7.91. The van der Waals surface area contributed by atoms with E-state index in [2.05, 4.69) is 23.2 Å². The minimum atomic E-state index is -0.621. The Morgan fingerprint density at radius 2 is 2.15 bits per heavy atom. The number of benzene rings is 1. The number of amides is 1. The van der Waals surface area contributed by atoms with Crippen LogP contribution in [0.4, 0.5) is 5.69 Å². The van der Waals surface area contributed by atoms with Gasteiger partial charge in [0.25, 0.3) is 0 Å². The summed E-state index contributed by atoms with van der Waals surface area (Å²) >= 11 is 0. The summed E-state index contributed by atoms with van der Waals surface area (Å²) < 4.78 is 10.9. The highest BCUT2D eigenvalue weighted by Crippen LogP contribution is 2.55. The highest BCUT2D eigenvalue weighted by molar-refractivity contribution is 6.07. The number of carbonyl (C=O) groups excluding carboxylic acids is 2. The van der Waals surface area contributed by atoms with E-state index in [1.165, 1.54) is 7.11 Å². The lowest BCUT2D eigenvalue weighted by Gasteiger charge is -2.50. The molecule has 4 aliphatic rings. The fraction of sp³-hybridized carbons (Fsp3) is 0.524. The maximum absolute atomic E-state index is 13.3. The van der Waals surface area contributed by atoms with Gasteiger partial charge in [0, 0.05) is 23.6 Å². The van der Waals surface area contributed by atoms with E-state index in [0.29, 0.717) is 5.57 Å². The summed E-state index contributed by atoms with van der Waals surface area (Å²) in [6.45, 7) is 3.84.